The van der Waals surface area contributed by atoms with Crippen LogP contribution < -0.4 is 15.4 Å². The van der Waals surface area contributed by atoms with E-state index in [9.17, 15) is 9.18 Å². The second-order valence-corrected chi connectivity index (χ2v) is 9.26. The van der Waals surface area contributed by atoms with Crippen molar-refractivity contribution in [1.29, 1.82) is 0 Å². The Hall–Kier alpha value is -4.47. The lowest BCUT2D eigenvalue weighted by molar-refractivity contribution is -0.139. The Bertz CT molecular complexity index is 1640. The van der Waals surface area contributed by atoms with E-state index < -0.39 is 12.0 Å². The first-order chi connectivity index (χ1) is 18.9. The van der Waals surface area contributed by atoms with Gasteiger partial charge in [0.05, 0.1) is 17.1 Å². The number of fused-ring (bicyclic) bond motifs is 1. The highest BCUT2D eigenvalue weighted by molar-refractivity contribution is 6.32. The molecule has 3 aromatic carbocycles. The molecule has 0 aliphatic carbocycles. The van der Waals surface area contributed by atoms with Crippen LogP contribution in [0.4, 0.5) is 15.9 Å². The Morgan fingerprint density at radius 2 is 1.97 bits per heavy atom. The van der Waals surface area contributed by atoms with Crippen LogP contribution in [-0.4, -0.2) is 27.1 Å². The van der Waals surface area contributed by atoms with Gasteiger partial charge in [0.15, 0.2) is 0 Å². The number of nitrogens with one attached hydrogen (secondary N) is 2. The molecule has 2 aromatic heterocycles. The number of ether oxygens (including phenoxy) is 1. The number of benzene rings is 3. The lowest BCUT2D eigenvalue weighted by atomic mass is 10.1. The molecule has 5 rings (SSSR count). The maximum Gasteiger partial charge on any atom is 0.320 e. The summed E-state index contributed by atoms with van der Waals surface area (Å²) in [5.41, 5.74) is 2.95. The molecule has 1 unspecified atom stereocenters. The van der Waals surface area contributed by atoms with E-state index in [1.54, 1.807) is 31.2 Å². The first-order valence-electron chi connectivity index (χ1n) is 12.1. The number of hydrogen-bond donors (Lipinski definition) is 3. The summed E-state index contributed by atoms with van der Waals surface area (Å²) in [6, 6.07) is 20.1. The molecular formula is C29H24ClFN4O4. The molecule has 0 bridgehead atoms. The van der Waals surface area contributed by atoms with Gasteiger partial charge >= 0.3 is 5.97 Å². The molecule has 2 heterocycles. The van der Waals surface area contributed by atoms with Crippen molar-refractivity contribution >= 4 is 40.0 Å². The molecular weight excluding hydrogens is 523 g/mol. The summed E-state index contributed by atoms with van der Waals surface area (Å²) < 4.78 is 25.1. The predicted octanol–water partition coefficient (Wildman–Crippen LogP) is 6.57. The van der Waals surface area contributed by atoms with Crippen LogP contribution in [0.15, 0.2) is 83.5 Å². The molecule has 39 heavy (non-hydrogen) atoms. The summed E-state index contributed by atoms with van der Waals surface area (Å²) in [7, 11) is 0. The molecule has 0 radical (unpaired) electrons. The molecule has 0 amide bonds. The van der Waals surface area contributed by atoms with Gasteiger partial charge in [-0.2, -0.15) is 0 Å². The van der Waals surface area contributed by atoms with E-state index in [2.05, 4.69) is 20.6 Å². The van der Waals surface area contributed by atoms with Crippen LogP contribution in [0.5, 0.6) is 5.75 Å². The first kappa shape index (κ1) is 26.1. The lowest BCUT2D eigenvalue weighted by Gasteiger charge is -2.12. The van der Waals surface area contributed by atoms with E-state index in [0.29, 0.717) is 45.9 Å². The monoisotopic (exact) mass is 546 g/mol. The summed E-state index contributed by atoms with van der Waals surface area (Å²) >= 11 is 6.46. The van der Waals surface area contributed by atoms with Crippen LogP contribution in [0.2, 0.25) is 5.02 Å². The van der Waals surface area contributed by atoms with Crippen LogP contribution in [0, 0.1) is 5.82 Å². The van der Waals surface area contributed by atoms with Crippen molar-refractivity contribution in [2.24, 2.45) is 0 Å². The molecule has 0 aliphatic heterocycles. The predicted molar refractivity (Wildman–Crippen MR) is 147 cm³/mol. The topological polar surface area (TPSA) is 110 Å². The van der Waals surface area contributed by atoms with Gasteiger partial charge in [0.2, 0.25) is 0 Å². The average Bonchev–Trinajstić information content (AvgIpc) is 3.40. The van der Waals surface area contributed by atoms with Crippen molar-refractivity contribution in [3.63, 3.8) is 0 Å². The van der Waals surface area contributed by atoms with E-state index in [1.807, 2.05) is 36.4 Å². The van der Waals surface area contributed by atoms with Gasteiger partial charge in [-0.1, -0.05) is 23.7 Å². The van der Waals surface area contributed by atoms with Gasteiger partial charge in [0, 0.05) is 16.6 Å². The quantitative estimate of drug-likeness (QED) is 0.180. The first-order valence-corrected chi connectivity index (χ1v) is 12.5. The summed E-state index contributed by atoms with van der Waals surface area (Å²) in [5, 5.41) is 16.4. The van der Waals surface area contributed by atoms with Gasteiger partial charge < -0.3 is 19.6 Å². The number of rotatable bonds is 10. The van der Waals surface area contributed by atoms with Crippen molar-refractivity contribution in [2.45, 2.75) is 26.1 Å². The van der Waals surface area contributed by atoms with Crippen molar-refractivity contribution in [1.82, 2.24) is 15.3 Å². The SMILES string of the molecule is CC(NCc1ccc(-c2ccc3ncnc(Nc4ccc(OCc5cccc(F)c5)c(Cl)c4)c3c2)o1)C(=O)O. The van der Waals surface area contributed by atoms with Gasteiger partial charge in [-0.05, 0) is 73.2 Å². The minimum Gasteiger partial charge on any atom is -0.487 e. The highest BCUT2D eigenvalue weighted by atomic mass is 35.5. The molecule has 10 heteroatoms. The van der Waals surface area contributed by atoms with E-state index >= 15 is 0 Å². The number of carboxylic acid groups (broad SMARTS) is 1. The van der Waals surface area contributed by atoms with Gasteiger partial charge in [0.25, 0.3) is 0 Å². The molecule has 3 N–H and O–H groups in total. The molecule has 0 fully saturated rings. The number of anilines is 2. The second-order valence-electron chi connectivity index (χ2n) is 8.85. The Morgan fingerprint density at radius 3 is 2.77 bits per heavy atom. The third-order valence-electron chi connectivity index (χ3n) is 6.01. The molecule has 0 spiro atoms. The highest BCUT2D eigenvalue weighted by Crippen LogP contribution is 2.32. The van der Waals surface area contributed by atoms with Crippen molar-refractivity contribution < 1.29 is 23.4 Å². The lowest BCUT2D eigenvalue weighted by Crippen LogP contribution is -2.32. The van der Waals surface area contributed by atoms with Crippen LogP contribution in [-0.2, 0) is 17.9 Å². The maximum absolute atomic E-state index is 13.4. The molecule has 5 aromatic rings. The number of aliphatic carboxylic acids is 1. The van der Waals surface area contributed by atoms with E-state index in [1.165, 1.54) is 18.5 Å². The van der Waals surface area contributed by atoms with Gasteiger partial charge in [-0.15, -0.1) is 0 Å². The molecule has 0 aliphatic rings. The average molecular weight is 547 g/mol. The minimum atomic E-state index is -0.927. The minimum absolute atomic E-state index is 0.187. The normalized spacial score (nSPS) is 11.9. The Kier molecular flexibility index (Phi) is 7.72. The number of carboxylic acids is 1. The second kappa shape index (κ2) is 11.5. The van der Waals surface area contributed by atoms with Gasteiger partial charge in [-0.3, -0.25) is 10.1 Å². The molecule has 1 atom stereocenters. The van der Waals surface area contributed by atoms with E-state index in [0.717, 1.165) is 16.5 Å². The zero-order valence-corrected chi connectivity index (χ0v) is 21.6. The Morgan fingerprint density at radius 1 is 1.10 bits per heavy atom. The Labute approximate surface area is 228 Å². The number of hydrogen-bond acceptors (Lipinski definition) is 7. The van der Waals surface area contributed by atoms with Crippen LogP contribution in [0.3, 0.4) is 0 Å². The number of aromatic nitrogens is 2. The summed E-state index contributed by atoms with van der Waals surface area (Å²) in [5.74, 6) is 1.06. The maximum atomic E-state index is 13.4. The number of furan rings is 1. The standard InChI is InChI=1S/C29H24ClFN4O4/c1-17(29(36)37)32-14-22-7-10-26(39-22)19-5-8-25-23(12-19)28(34-16-33-25)35-21-6-9-27(24(30)13-21)38-15-18-3-2-4-20(31)11-18/h2-13,16-17,32H,14-15H2,1H3,(H,36,37)(H,33,34,35). The fraction of sp³-hybridized carbons (Fsp3) is 0.138. The zero-order chi connectivity index (χ0) is 27.4. The van der Waals surface area contributed by atoms with Gasteiger partial charge in [-0.25, -0.2) is 14.4 Å². The summed E-state index contributed by atoms with van der Waals surface area (Å²) in [4.78, 5) is 19.8. The Balaban J connectivity index is 1.32. The smallest absolute Gasteiger partial charge is 0.320 e. The van der Waals surface area contributed by atoms with Crippen molar-refractivity contribution in [2.75, 3.05) is 5.32 Å². The third-order valence-corrected chi connectivity index (χ3v) is 6.31. The van der Waals surface area contributed by atoms with E-state index in [4.69, 9.17) is 25.9 Å². The molecule has 0 saturated carbocycles. The summed E-state index contributed by atoms with van der Waals surface area (Å²) in [6.07, 6.45) is 1.47. The number of nitrogens with zero attached hydrogens (tertiary/aromatic N) is 2. The largest absolute Gasteiger partial charge is 0.487 e. The van der Waals surface area contributed by atoms with E-state index in [-0.39, 0.29) is 12.4 Å². The zero-order valence-electron chi connectivity index (χ0n) is 20.8. The number of carbonyl (C=O) groups is 1. The van der Waals surface area contributed by atoms with Crippen LogP contribution >= 0.6 is 11.6 Å². The number of halogens is 2. The molecule has 8 nitrogen and oxygen atoms in total. The molecule has 0 saturated heterocycles. The van der Waals surface area contributed by atoms with Crippen LogP contribution in [0.25, 0.3) is 22.2 Å². The molecule has 198 valence electrons. The summed E-state index contributed by atoms with van der Waals surface area (Å²) in [6.45, 7) is 2.05. The van der Waals surface area contributed by atoms with Crippen LogP contribution in [0.1, 0.15) is 18.2 Å². The fourth-order valence-corrected chi connectivity index (χ4v) is 4.13. The van der Waals surface area contributed by atoms with Crippen molar-refractivity contribution in [3.05, 3.63) is 101 Å². The van der Waals surface area contributed by atoms with Crippen molar-refractivity contribution in [3.8, 4) is 17.1 Å². The third kappa shape index (κ3) is 6.34. The highest BCUT2D eigenvalue weighted by Gasteiger charge is 2.13. The fourth-order valence-electron chi connectivity index (χ4n) is 3.90. The van der Waals surface area contributed by atoms with Gasteiger partial charge in [0.1, 0.15) is 47.9 Å².